The second-order valence-corrected chi connectivity index (χ2v) is 6.04. The third kappa shape index (κ3) is 4.49. The molecule has 1 heterocycles. The average molecular weight is 269 g/mol. The molecule has 1 aliphatic rings. The number of rotatable bonds is 4. The molecule has 1 rings (SSSR count). The Morgan fingerprint density at radius 2 is 1.37 bits per heavy atom. The number of hydrogen-bond donors (Lipinski definition) is 1. The fourth-order valence-corrected chi connectivity index (χ4v) is 2.36. The predicted octanol–water partition coefficient (Wildman–Crippen LogP) is 0.687. The van der Waals surface area contributed by atoms with E-state index in [9.17, 15) is 9.59 Å². The van der Waals surface area contributed by atoms with Gasteiger partial charge in [0, 0.05) is 32.1 Å². The molecule has 0 radical (unpaired) electrons. The van der Waals surface area contributed by atoms with Crippen LogP contribution in [0.25, 0.3) is 0 Å². The lowest BCUT2D eigenvalue weighted by Crippen LogP contribution is -2.55. The predicted molar refractivity (Wildman–Crippen MR) is 75.4 cm³/mol. The summed E-state index contributed by atoms with van der Waals surface area (Å²) in [5.41, 5.74) is 5.92. The fraction of sp³-hybridized carbons (Fsp3) is 0.857. The van der Waals surface area contributed by atoms with Crippen LogP contribution >= 0.6 is 0 Å². The quantitative estimate of drug-likeness (QED) is 0.816. The molecule has 0 aromatic rings. The number of nitrogens with two attached hydrogens (primary N) is 1. The summed E-state index contributed by atoms with van der Waals surface area (Å²) in [6, 6.07) is -0.410. The zero-order valence-corrected chi connectivity index (χ0v) is 12.6. The van der Waals surface area contributed by atoms with Crippen molar-refractivity contribution in [3.05, 3.63) is 0 Å². The number of carbonyl (C=O) groups is 2. The highest BCUT2D eigenvalue weighted by atomic mass is 16.2. The highest BCUT2D eigenvalue weighted by molar-refractivity contribution is 5.82. The molecule has 5 heteroatoms. The van der Waals surface area contributed by atoms with Crippen molar-refractivity contribution >= 4 is 11.8 Å². The summed E-state index contributed by atoms with van der Waals surface area (Å²) in [5.74, 6) is 0.622. The van der Waals surface area contributed by atoms with Gasteiger partial charge in [-0.2, -0.15) is 0 Å². The number of piperazine rings is 1. The lowest BCUT2D eigenvalue weighted by Gasteiger charge is -2.36. The SMILES string of the molecule is CC(C)CC(N)C(=O)N1CCN(C(=O)C(C)C)CC1. The first kappa shape index (κ1) is 16.0. The number of nitrogens with zero attached hydrogens (tertiary/aromatic N) is 2. The Morgan fingerprint density at radius 3 is 1.74 bits per heavy atom. The van der Waals surface area contributed by atoms with Gasteiger partial charge in [0.25, 0.3) is 0 Å². The Labute approximate surface area is 116 Å². The molecule has 2 N–H and O–H groups in total. The molecule has 1 atom stereocenters. The first-order valence-electron chi connectivity index (χ1n) is 7.16. The second kappa shape index (κ2) is 6.89. The summed E-state index contributed by atoms with van der Waals surface area (Å²) < 4.78 is 0. The van der Waals surface area contributed by atoms with Crippen LogP contribution in [-0.4, -0.2) is 53.8 Å². The van der Waals surface area contributed by atoms with Gasteiger partial charge in [0.05, 0.1) is 6.04 Å². The van der Waals surface area contributed by atoms with Crippen molar-refractivity contribution in [3.63, 3.8) is 0 Å². The monoisotopic (exact) mass is 269 g/mol. The Hall–Kier alpha value is -1.10. The molecule has 0 spiro atoms. The molecule has 1 unspecified atom stereocenters. The van der Waals surface area contributed by atoms with Gasteiger partial charge >= 0.3 is 0 Å². The Kier molecular flexibility index (Phi) is 5.79. The summed E-state index contributed by atoms with van der Waals surface area (Å²) in [7, 11) is 0. The Bertz CT molecular complexity index is 321. The van der Waals surface area contributed by atoms with Crippen LogP contribution in [-0.2, 0) is 9.59 Å². The van der Waals surface area contributed by atoms with Crippen LogP contribution in [0.5, 0.6) is 0 Å². The van der Waals surface area contributed by atoms with Gasteiger partial charge in [-0.05, 0) is 12.3 Å². The normalized spacial score (nSPS) is 18.1. The number of carbonyl (C=O) groups excluding carboxylic acids is 2. The van der Waals surface area contributed by atoms with E-state index in [1.807, 2.05) is 18.7 Å². The molecule has 19 heavy (non-hydrogen) atoms. The van der Waals surface area contributed by atoms with Gasteiger partial charge < -0.3 is 15.5 Å². The minimum absolute atomic E-state index is 0.0188. The molecule has 0 aromatic heterocycles. The van der Waals surface area contributed by atoms with Crippen molar-refractivity contribution in [3.8, 4) is 0 Å². The van der Waals surface area contributed by atoms with Gasteiger partial charge in [0.2, 0.25) is 11.8 Å². The van der Waals surface area contributed by atoms with E-state index in [-0.39, 0.29) is 17.7 Å². The van der Waals surface area contributed by atoms with Crippen LogP contribution in [0.15, 0.2) is 0 Å². The van der Waals surface area contributed by atoms with Crippen LogP contribution in [0.2, 0.25) is 0 Å². The molecule has 0 aliphatic carbocycles. The third-order valence-corrected chi connectivity index (χ3v) is 3.44. The van der Waals surface area contributed by atoms with Crippen LogP contribution in [0.1, 0.15) is 34.1 Å². The van der Waals surface area contributed by atoms with Crippen LogP contribution < -0.4 is 5.73 Å². The standard InChI is InChI=1S/C14H27N3O2/c1-10(2)9-12(15)14(19)17-7-5-16(6-8-17)13(18)11(3)4/h10-12H,5-9,15H2,1-4H3. The largest absolute Gasteiger partial charge is 0.339 e. The molecule has 0 bridgehead atoms. The van der Waals surface area contributed by atoms with Gasteiger partial charge in [-0.25, -0.2) is 0 Å². The first-order valence-corrected chi connectivity index (χ1v) is 7.16. The van der Waals surface area contributed by atoms with Gasteiger partial charge in [0.15, 0.2) is 0 Å². The van der Waals surface area contributed by atoms with E-state index < -0.39 is 6.04 Å². The van der Waals surface area contributed by atoms with E-state index in [4.69, 9.17) is 5.73 Å². The van der Waals surface area contributed by atoms with E-state index in [0.29, 0.717) is 38.5 Å². The molecule has 110 valence electrons. The maximum atomic E-state index is 12.1. The molecule has 1 saturated heterocycles. The zero-order valence-electron chi connectivity index (χ0n) is 12.6. The molecular formula is C14H27N3O2. The fourth-order valence-electron chi connectivity index (χ4n) is 2.36. The highest BCUT2D eigenvalue weighted by Gasteiger charge is 2.28. The lowest BCUT2D eigenvalue weighted by atomic mass is 10.0. The first-order chi connectivity index (χ1) is 8.82. The summed E-state index contributed by atoms with van der Waals surface area (Å²) in [6.45, 7) is 10.4. The number of amides is 2. The summed E-state index contributed by atoms with van der Waals surface area (Å²) in [5, 5.41) is 0. The van der Waals surface area contributed by atoms with Gasteiger partial charge in [-0.1, -0.05) is 27.7 Å². The number of hydrogen-bond acceptors (Lipinski definition) is 3. The molecule has 2 amide bonds. The molecule has 1 fully saturated rings. The highest BCUT2D eigenvalue weighted by Crippen LogP contribution is 2.10. The third-order valence-electron chi connectivity index (χ3n) is 3.44. The van der Waals surface area contributed by atoms with Crippen molar-refractivity contribution in [1.29, 1.82) is 0 Å². The van der Waals surface area contributed by atoms with Gasteiger partial charge in [-0.3, -0.25) is 9.59 Å². The van der Waals surface area contributed by atoms with E-state index in [1.165, 1.54) is 0 Å². The molecular weight excluding hydrogens is 242 g/mol. The molecule has 1 aliphatic heterocycles. The molecule has 0 saturated carbocycles. The second-order valence-electron chi connectivity index (χ2n) is 6.04. The summed E-state index contributed by atoms with van der Waals surface area (Å²) in [4.78, 5) is 27.6. The van der Waals surface area contributed by atoms with Crippen LogP contribution in [0, 0.1) is 11.8 Å². The summed E-state index contributed by atoms with van der Waals surface area (Å²) in [6.07, 6.45) is 0.712. The maximum absolute atomic E-state index is 12.1. The Morgan fingerprint density at radius 1 is 0.947 bits per heavy atom. The van der Waals surface area contributed by atoms with E-state index in [1.54, 1.807) is 4.90 Å². The maximum Gasteiger partial charge on any atom is 0.239 e. The van der Waals surface area contributed by atoms with Crippen molar-refractivity contribution in [1.82, 2.24) is 9.80 Å². The smallest absolute Gasteiger partial charge is 0.239 e. The topological polar surface area (TPSA) is 66.6 Å². The minimum atomic E-state index is -0.410. The van der Waals surface area contributed by atoms with E-state index in [2.05, 4.69) is 13.8 Å². The Balaban J connectivity index is 2.45. The van der Waals surface area contributed by atoms with Crippen LogP contribution in [0.4, 0.5) is 0 Å². The zero-order chi connectivity index (χ0) is 14.6. The van der Waals surface area contributed by atoms with E-state index in [0.717, 1.165) is 0 Å². The lowest BCUT2D eigenvalue weighted by molar-refractivity contribution is -0.142. The average Bonchev–Trinajstić information content (AvgIpc) is 2.36. The van der Waals surface area contributed by atoms with Crippen molar-refractivity contribution in [2.24, 2.45) is 17.6 Å². The molecule has 5 nitrogen and oxygen atoms in total. The minimum Gasteiger partial charge on any atom is -0.339 e. The summed E-state index contributed by atoms with van der Waals surface area (Å²) >= 11 is 0. The van der Waals surface area contributed by atoms with Crippen molar-refractivity contribution < 1.29 is 9.59 Å². The van der Waals surface area contributed by atoms with Crippen LogP contribution in [0.3, 0.4) is 0 Å². The van der Waals surface area contributed by atoms with E-state index >= 15 is 0 Å². The molecule has 0 aromatic carbocycles. The van der Waals surface area contributed by atoms with Crippen molar-refractivity contribution in [2.45, 2.75) is 40.2 Å². The van der Waals surface area contributed by atoms with Gasteiger partial charge in [-0.15, -0.1) is 0 Å². The van der Waals surface area contributed by atoms with Gasteiger partial charge in [0.1, 0.15) is 0 Å². The van der Waals surface area contributed by atoms with Crippen molar-refractivity contribution in [2.75, 3.05) is 26.2 Å².